The smallest absolute Gasteiger partial charge is 0.188 e. The van der Waals surface area contributed by atoms with Crippen LogP contribution >= 0.6 is 11.6 Å². The number of halogens is 1. The van der Waals surface area contributed by atoms with Gasteiger partial charge in [-0.1, -0.05) is 25.4 Å². The van der Waals surface area contributed by atoms with E-state index in [-0.39, 0.29) is 12.4 Å². The molecule has 0 saturated heterocycles. The van der Waals surface area contributed by atoms with Crippen LogP contribution in [0, 0.1) is 5.92 Å². The van der Waals surface area contributed by atoms with Crippen LogP contribution in [-0.4, -0.2) is 19.0 Å². The monoisotopic (exact) mass is 254 g/mol. The van der Waals surface area contributed by atoms with Gasteiger partial charge in [-0.15, -0.1) is 0 Å². The van der Waals surface area contributed by atoms with E-state index in [1.54, 1.807) is 24.3 Å². The molecule has 3 heteroatoms. The van der Waals surface area contributed by atoms with Crippen LogP contribution in [0.2, 0.25) is 5.02 Å². The quantitative estimate of drug-likeness (QED) is 0.544. The summed E-state index contributed by atoms with van der Waals surface area (Å²) >= 11 is 5.75. The highest BCUT2D eigenvalue weighted by atomic mass is 35.5. The number of Topliss-reactive ketones (excluding diaryl/α,β-unsaturated/α-hetero) is 1. The molecule has 0 heterocycles. The predicted octanol–water partition coefficient (Wildman–Crippen LogP) is 3.98. The van der Waals surface area contributed by atoms with E-state index in [1.165, 1.54) is 0 Å². The molecule has 0 fully saturated rings. The van der Waals surface area contributed by atoms with Crippen molar-refractivity contribution in [2.45, 2.75) is 26.7 Å². The molecule has 0 aliphatic rings. The van der Waals surface area contributed by atoms with Crippen LogP contribution in [0.1, 0.15) is 37.0 Å². The predicted molar refractivity (Wildman–Crippen MR) is 70.7 cm³/mol. The molecule has 2 nitrogen and oxygen atoms in total. The molecule has 0 aliphatic carbocycles. The largest absolute Gasteiger partial charge is 0.373 e. The number of carbonyl (C=O) groups is 1. The molecule has 0 unspecified atom stereocenters. The Morgan fingerprint density at radius 1 is 1.29 bits per heavy atom. The second-order valence-electron chi connectivity index (χ2n) is 4.52. The zero-order chi connectivity index (χ0) is 12.7. The lowest BCUT2D eigenvalue weighted by Gasteiger charge is -2.05. The minimum Gasteiger partial charge on any atom is -0.373 e. The molecule has 0 aromatic heterocycles. The number of benzene rings is 1. The van der Waals surface area contributed by atoms with Gasteiger partial charge in [0.2, 0.25) is 0 Å². The van der Waals surface area contributed by atoms with Gasteiger partial charge in [0.1, 0.15) is 6.61 Å². The zero-order valence-corrected chi connectivity index (χ0v) is 11.2. The van der Waals surface area contributed by atoms with E-state index in [1.807, 2.05) is 0 Å². The summed E-state index contributed by atoms with van der Waals surface area (Å²) in [5, 5.41) is 0.638. The Hall–Kier alpha value is -0.860. The number of hydrogen-bond acceptors (Lipinski definition) is 2. The summed E-state index contributed by atoms with van der Waals surface area (Å²) in [6.45, 7) is 5.16. The fourth-order valence-corrected chi connectivity index (χ4v) is 1.60. The summed E-state index contributed by atoms with van der Waals surface area (Å²) in [5.41, 5.74) is 0.651. The van der Waals surface area contributed by atoms with Gasteiger partial charge >= 0.3 is 0 Å². The molecule has 0 atom stereocenters. The topological polar surface area (TPSA) is 26.3 Å². The first kappa shape index (κ1) is 14.2. The average molecular weight is 255 g/mol. The Bertz CT molecular complexity index is 344. The average Bonchev–Trinajstić information content (AvgIpc) is 2.29. The van der Waals surface area contributed by atoms with Crippen molar-refractivity contribution in [1.82, 2.24) is 0 Å². The highest BCUT2D eigenvalue weighted by Crippen LogP contribution is 2.10. The fraction of sp³-hybridized carbons (Fsp3) is 0.500. The van der Waals surface area contributed by atoms with Crippen LogP contribution in [0.15, 0.2) is 24.3 Å². The molecule has 94 valence electrons. The number of carbonyl (C=O) groups excluding carboxylic acids is 1. The van der Waals surface area contributed by atoms with Gasteiger partial charge < -0.3 is 4.74 Å². The van der Waals surface area contributed by atoms with Crippen molar-refractivity contribution in [3.63, 3.8) is 0 Å². The van der Waals surface area contributed by atoms with Crippen LogP contribution in [0.4, 0.5) is 0 Å². The first-order chi connectivity index (χ1) is 8.09. The van der Waals surface area contributed by atoms with Gasteiger partial charge in [0, 0.05) is 17.2 Å². The van der Waals surface area contributed by atoms with Crippen molar-refractivity contribution in [3.05, 3.63) is 34.9 Å². The van der Waals surface area contributed by atoms with Gasteiger partial charge in [0.25, 0.3) is 0 Å². The van der Waals surface area contributed by atoms with Gasteiger partial charge in [-0.25, -0.2) is 0 Å². The maximum Gasteiger partial charge on any atom is 0.188 e. The van der Waals surface area contributed by atoms with Gasteiger partial charge in [0.05, 0.1) is 0 Å². The molecule has 0 bridgehead atoms. The molecule has 0 amide bonds. The molecular formula is C14H19ClO2. The summed E-state index contributed by atoms with van der Waals surface area (Å²) in [6, 6.07) is 6.88. The van der Waals surface area contributed by atoms with E-state index in [9.17, 15) is 4.79 Å². The summed E-state index contributed by atoms with van der Waals surface area (Å²) in [6.07, 6.45) is 2.14. The van der Waals surface area contributed by atoms with Crippen LogP contribution in [0.3, 0.4) is 0 Å². The zero-order valence-electron chi connectivity index (χ0n) is 10.4. The molecule has 0 N–H and O–H groups in total. The number of ketones is 1. The molecule has 0 radical (unpaired) electrons. The van der Waals surface area contributed by atoms with E-state index in [0.717, 1.165) is 12.8 Å². The van der Waals surface area contributed by atoms with E-state index in [0.29, 0.717) is 23.1 Å². The summed E-state index contributed by atoms with van der Waals surface area (Å²) in [5.74, 6) is 0.691. The van der Waals surface area contributed by atoms with Crippen LogP contribution in [0.5, 0.6) is 0 Å². The van der Waals surface area contributed by atoms with Crippen LogP contribution < -0.4 is 0 Å². The Labute approximate surface area is 108 Å². The maximum atomic E-state index is 11.7. The third-order valence-corrected chi connectivity index (χ3v) is 2.72. The third-order valence-electron chi connectivity index (χ3n) is 2.47. The Balaban J connectivity index is 2.23. The number of hydrogen-bond donors (Lipinski definition) is 0. The van der Waals surface area contributed by atoms with Gasteiger partial charge in [-0.2, -0.15) is 0 Å². The van der Waals surface area contributed by atoms with Crippen molar-refractivity contribution < 1.29 is 9.53 Å². The molecule has 1 aromatic rings. The minimum atomic E-state index is 0.00575. The van der Waals surface area contributed by atoms with Crippen LogP contribution in [-0.2, 0) is 4.74 Å². The highest BCUT2D eigenvalue weighted by molar-refractivity contribution is 6.30. The molecule has 0 saturated carbocycles. The van der Waals surface area contributed by atoms with E-state index in [4.69, 9.17) is 16.3 Å². The Morgan fingerprint density at radius 2 is 1.94 bits per heavy atom. The molecule has 1 aromatic carbocycles. The summed E-state index contributed by atoms with van der Waals surface area (Å²) < 4.78 is 5.35. The lowest BCUT2D eigenvalue weighted by Crippen LogP contribution is -2.10. The Kier molecular flexibility index (Phi) is 6.23. The standard InChI is InChI=1S/C14H19ClO2/c1-11(2)4-3-9-17-10-14(16)12-5-7-13(15)8-6-12/h5-8,11H,3-4,9-10H2,1-2H3. The molecular weight excluding hydrogens is 236 g/mol. The summed E-state index contributed by atoms with van der Waals surface area (Å²) in [4.78, 5) is 11.7. The minimum absolute atomic E-state index is 0.00575. The fourth-order valence-electron chi connectivity index (χ4n) is 1.48. The first-order valence-corrected chi connectivity index (χ1v) is 6.34. The van der Waals surface area contributed by atoms with Gasteiger partial charge in [0.15, 0.2) is 5.78 Å². The van der Waals surface area contributed by atoms with Gasteiger partial charge in [-0.05, 0) is 43.0 Å². The molecule has 17 heavy (non-hydrogen) atoms. The number of ether oxygens (including phenoxy) is 1. The van der Waals surface area contributed by atoms with Crippen molar-refractivity contribution in [3.8, 4) is 0 Å². The SMILES string of the molecule is CC(C)CCCOCC(=O)c1ccc(Cl)cc1. The maximum absolute atomic E-state index is 11.7. The van der Waals surface area contributed by atoms with E-state index >= 15 is 0 Å². The van der Waals surface area contributed by atoms with Crippen molar-refractivity contribution >= 4 is 17.4 Å². The van der Waals surface area contributed by atoms with E-state index in [2.05, 4.69) is 13.8 Å². The Morgan fingerprint density at radius 3 is 2.53 bits per heavy atom. The molecule has 0 spiro atoms. The van der Waals surface area contributed by atoms with Crippen molar-refractivity contribution in [2.75, 3.05) is 13.2 Å². The summed E-state index contributed by atoms with van der Waals surface area (Å²) in [7, 11) is 0. The normalized spacial score (nSPS) is 10.8. The third kappa shape index (κ3) is 5.85. The van der Waals surface area contributed by atoms with Crippen LogP contribution in [0.25, 0.3) is 0 Å². The van der Waals surface area contributed by atoms with Crippen molar-refractivity contribution in [2.24, 2.45) is 5.92 Å². The van der Waals surface area contributed by atoms with E-state index < -0.39 is 0 Å². The van der Waals surface area contributed by atoms with Crippen molar-refractivity contribution in [1.29, 1.82) is 0 Å². The second-order valence-corrected chi connectivity index (χ2v) is 4.96. The molecule has 1 rings (SSSR count). The lowest BCUT2D eigenvalue weighted by atomic mass is 10.1. The second kappa shape index (κ2) is 7.46. The number of rotatable bonds is 7. The highest BCUT2D eigenvalue weighted by Gasteiger charge is 2.05. The first-order valence-electron chi connectivity index (χ1n) is 5.96. The van der Waals surface area contributed by atoms with Gasteiger partial charge in [-0.3, -0.25) is 4.79 Å². The molecule has 0 aliphatic heterocycles. The lowest BCUT2D eigenvalue weighted by molar-refractivity contribution is 0.0749.